The summed E-state index contributed by atoms with van der Waals surface area (Å²) < 4.78 is 44.1. The van der Waals surface area contributed by atoms with Gasteiger partial charge in [-0.2, -0.15) is 0 Å². The average Bonchev–Trinajstić information content (AvgIpc) is 2.74. The highest BCUT2D eigenvalue weighted by Crippen LogP contribution is 2.21. The Bertz CT molecular complexity index is 975. The Morgan fingerprint density at radius 3 is 2.26 bits per heavy atom. The Hall–Kier alpha value is -2.49. The molecule has 9 heteroatoms. The lowest BCUT2D eigenvalue weighted by atomic mass is 10.1. The van der Waals surface area contributed by atoms with Crippen molar-refractivity contribution in [2.45, 2.75) is 26.1 Å². The molecule has 0 bridgehead atoms. The molecule has 168 valence electrons. The van der Waals surface area contributed by atoms with Crippen LogP contribution in [0.25, 0.3) is 0 Å². The number of morpholine rings is 1. The minimum atomic E-state index is -3.74. The number of nitrogens with zero attached hydrogens (tertiary/aromatic N) is 2. The lowest BCUT2D eigenvalue weighted by Crippen LogP contribution is -2.47. The summed E-state index contributed by atoms with van der Waals surface area (Å²) in [7, 11) is -3.74. The number of carbonyl (C=O) groups excluding carboxylic acids is 1. The predicted octanol–water partition coefficient (Wildman–Crippen LogP) is 2.13. The zero-order valence-electron chi connectivity index (χ0n) is 17.8. The van der Waals surface area contributed by atoms with Gasteiger partial charge in [0.05, 0.1) is 25.2 Å². The summed E-state index contributed by atoms with van der Waals surface area (Å²) in [5.41, 5.74) is 2.34. The topological polar surface area (TPSA) is 79.0 Å². The van der Waals surface area contributed by atoms with Gasteiger partial charge in [0.25, 0.3) is 0 Å². The van der Waals surface area contributed by atoms with E-state index < -0.39 is 27.8 Å². The molecule has 0 radical (unpaired) electrons. The molecule has 0 aromatic heterocycles. The maximum absolute atomic E-state index is 13.2. The summed E-state index contributed by atoms with van der Waals surface area (Å²) in [5.74, 6) is -0.918. The fourth-order valence-corrected chi connectivity index (χ4v) is 4.69. The Morgan fingerprint density at radius 2 is 1.68 bits per heavy atom. The fraction of sp³-hybridized carbons (Fsp3) is 0.409. The van der Waals surface area contributed by atoms with Crippen LogP contribution in [0.15, 0.2) is 48.5 Å². The van der Waals surface area contributed by atoms with Gasteiger partial charge in [0, 0.05) is 26.2 Å². The van der Waals surface area contributed by atoms with Gasteiger partial charge in [-0.15, -0.1) is 0 Å². The van der Waals surface area contributed by atoms with Crippen molar-refractivity contribution in [3.05, 3.63) is 65.5 Å². The summed E-state index contributed by atoms with van der Waals surface area (Å²) >= 11 is 0. The normalized spacial score (nSPS) is 16.0. The first-order valence-electron chi connectivity index (χ1n) is 10.1. The second kappa shape index (κ2) is 10.2. The van der Waals surface area contributed by atoms with Crippen LogP contribution in [0.1, 0.15) is 18.1 Å². The predicted molar refractivity (Wildman–Crippen MR) is 118 cm³/mol. The number of rotatable bonds is 8. The molecular formula is C22H28FN3O4S. The number of ether oxygens (including phenoxy) is 1. The summed E-state index contributed by atoms with van der Waals surface area (Å²) in [6.45, 7) is 5.98. The van der Waals surface area contributed by atoms with Crippen molar-refractivity contribution in [2.75, 3.05) is 36.9 Å². The third-order valence-corrected chi connectivity index (χ3v) is 6.41. The van der Waals surface area contributed by atoms with E-state index >= 15 is 0 Å². The number of hydrogen-bond donors (Lipinski definition) is 1. The van der Waals surface area contributed by atoms with Crippen LogP contribution in [0, 0.1) is 5.82 Å². The lowest BCUT2D eigenvalue weighted by molar-refractivity contribution is -0.122. The summed E-state index contributed by atoms with van der Waals surface area (Å²) in [5, 5.41) is 2.79. The summed E-state index contributed by atoms with van der Waals surface area (Å²) in [6, 6.07) is 12.0. The molecule has 2 aromatic carbocycles. The number of sulfonamides is 1. The third kappa shape index (κ3) is 6.49. The summed E-state index contributed by atoms with van der Waals surface area (Å²) in [4.78, 5) is 15.0. The van der Waals surface area contributed by atoms with E-state index in [1.807, 2.05) is 24.3 Å². The standard InChI is InChI=1S/C22H28FN3O4S/c1-17(26(31(2,28)29)21-9-7-20(23)8-10-21)22(27)24-15-18-3-5-19(6-4-18)16-25-11-13-30-14-12-25/h3-10,17H,11-16H2,1-2H3,(H,24,27). The van der Waals surface area contributed by atoms with Crippen LogP contribution in [0.3, 0.4) is 0 Å². The number of anilines is 1. The van der Waals surface area contributed by atoms with Gasteiger partial charge in [-0.05, 0) is 42.3 Å². The van der Waals surface area contributed by atoms with Gasteiger partial charge in [0.15, 0.2) is 0 Å². The van der Waals surface area contributed by atoms with Gasteiger partial charge in [0.1, 0.15) is 11.9 Å². The second-order valence-electron chi connectivity index (χ2n) is 7.63. The highest BCUT2D eigenvalue weighted by Gasteiger charge is 2.29. The van der Waals surface area contributed by atoms with E-state index in [2.05, 4.69) is 10.2 Å². The number of hydrogen-bond acceptors (Lipinski definition) is 5. The Morgan fingerprint density at radius 1 is 1.10 bits per heavy atom. The molecule has 31 heavy (non-hydrogen) atoms. The minimum Gasteiger partial charge on any atom is -0.379 e. The Kier molecular flexibility index (Phi) is 7.64. The lowest BCUT2D eigenvalue weighted by Gasteiger charge is -2.28. The number of halogens is 1. The highest BCUT2D eigenvalue weighted by molar-refractivity contribution is 7.92. The monoisotopic (exact) mass is 449 g/mol. The zero-order valence-corrected chi connectivity index (χ0v) is 18.6. The van der Waals surface area contributed by atoms with Crippen molar-refractivity contribution in [3.63, 3.8) is 0 Å². The van der Waals surface area contributed by atoms with Crippen molar-refractivity contribution in [3.8, 4) is 0 Å². The van der Waals surface area contributed by atoms with E-state index in [-0.39, 0.29) is 12.2 Å². The van der Waals surface area contributed by atoms with E-state index in [0.717, 1.165) is 61.1 Å². The number of amides is 1. The molecule has 0 aliphatic carbocycles. The largest absolute Gasteiger partial charge is 0.379 e. The van der Waals surface area contributed by atoms with Gasteiger partial charge >= 0.3 is 0 Å². The molecule has 1 unspecified atom stereocenters. The fourth-order valence-electron chi connectivity index (χ4n) is 3.51. The molecule has 3 rings (SSSR count). The maximum atomic E-state index is 13.2. The van der Waals surface area contributed by atoms with Gasteiger partial charge < -0.3 is 10.1 Å². The van der Waals surface area contributed by atoms with Crippen molar-refractivity contribution in [1.29, 1.82) is 0 Å². The first kappa shape index (κ1) is 23.2. The van der Waals surface area contributed by atoms with E-state index in [4.69, 9.17) is 4.74 Å². The van der Waals surface area contributed by atoms with Gasteiger partial charge in [-0.25, -0.2) is 12.8 Å². The molecule has 0 spiro atoms. The van der Waals surface area contributed by atoms with Crippen molar-refractivity contribution in [1.82, 2.24) is 10.2 Å². The number of nitrogens with one attached hydrogen (secondary N) is 1. The smallest absolute Gasteiger partial charge is 0.243 e. The maximum Gasteiger partial charge on any atom is 0.243 e. The molecule has 1 aliphatic heterocycles. The number of carbonyl (C=O) groups is 1. The van der Waals surface area contributed by atoms with E-state index in [9.17, 15) is 17.6 Å². The van der Waals surface area contributed by atoms with Crippen LogP contribution in [0.4, 0.5) is 10.1 Å². The molecule has 1 amide bonds. The van der Waals surface area contributed by atoms with E-state index in [0.29, 0.717) is 0 Å². The average molecular weight is 450 g/mol. The Balaban J connectivity index is 1.60. The van der Waals surface area contributed by atoms with Gasteiger partial charge in [-0.3, -0.25) is 14.0 Å². The first-order chi connectivity index (χ1) is 14.7. The molecule has 2 aromatic rings. The van der Waals surface area contributed by atoms with E-state index in [1.165, 1.54) is 24.6 Å². The van der Waals surface area contributed by atoms with Crippen molar-refractivity contribution >= 4 is 21.6 Å². The van der Waals surface area contributed by atoms with Crippen molar-refractivity contribution in [2.24, 2.45) is 0 Å². The molecule has 1 N–H and O–H groups in total. The summed E-state index contributed by atoms with van der Waals surface area (Å²) in [6.07, 6.45) is 1.02. The SMILES string of the molecule is CC(C(=O)NCc1ccc(CN2CCOCC2)cc1)N(c1ccc(F)cc1)S(C)(=O)=O. The minimum absolute atomic E-state index is 0.235. The number of benzene rings is 2. The van der Waals surface area contributed by atoms with Crippen LogP contribution >= 0.6 is 0 Å². The molecule has 1 heterocycles. The third-order valence-electron chi connectivity index (χ3n) is 5.17. The highest BCUT2D eigenvalue weighted by atomic mass is 32.2. The van der Waals surface area contributed by atoms with Crippen LogP contribution in [0.2, 0.25) is 0 Å². The van der Waals surface area contributed by atoms with E-state index in [1.54, 1.807) is 0 Å². The van der Waals surface area contributed by atoms with Crippen LogP contribution in [0.5, 0.6) is 0 Å². The zero-order chi connectivity index (χ0) is 22.4. The van der Waals surface area contributed by atoms with Gasteiger partial charge in [-0.1, -0.05) is 24.3 Å². The molecule has 1 aliphatic rings. The van der Waals surface area contributed by atoms with Crippen LogP contribution in [-0.4, -0.2) is 57.8 Å². The molecule has 1 saturated heterocycles. The quantitative estimate of drug-likeness (QED) is 0.668. The van der Waals surface area contributed by atoms with Crippen molar-refractivity contribution < 1.29 is 22.3 Å². The second-order valence-corrected chi connectivity index (χ2v) is 9.49. The molecule has 1 atom stereocenters. The van der Waals surface area contributed by atoms with Crippen LogP contribution < -0.4 is 9.62 Å². The molecule has 0 saturated carbocycles. The molecule has 1 fully saturated rings. The molecular weight excluding hydrogens is 421 g/mol. The molecule has 7 nitrogen and oxygen atoms in total. The van der Waals surface area contributed by atoms with Gasteiger partial charge in [0.2, 0.25) is 15.9 Å². The Labute approximate surface area is 182 Å². The first-order valence-corrected chi connectivity index (χ1v) is 12.0. The van der Waals surface area contributed by atoms with Crippen LogP contribution in [-0.2, 0) is 32.6 Å².